The Balaban J connectivity index is 2.17. The first-order chi connectivity index (χ1) is 13.3. The summed E-state index contributed by atoms with van der Waals surface area (Å²) in [4.78, 5) is 28.4. The second-order valence-electron chi connectivity index (χ2n) is 6.71. The highest BCUT2D eigenvalue weighted by atomic mass is 19.1. The van der Waals surface area contributed by atoms with Crippen molar-refractivity contribution in [3.8, 4) is 0 Å². The Hall–Kier alpha value is -3.06. The van der Waals surface area contributed by atoms with Gasteiger partial charge in [-0.1, -0.05) is 18.2 Å². The Labute approximate surface area is 161 Å². The van der Waals surface area contributed by atoms with E-state index in [1.165, 1.54) is 4.90 Å². The van der Waals surface area contributed by atoms with Crippen LogP contribution in [0.5, 0.6) is 0 Å². The highest BCUT2D eigenvalue weighted by molar-refractivity contribution is 6.45. The van der Waals surface area contributed by atoms with E-state index in [2.05, 4.69) is 0 Å². The maximum Gasteiger partial charge on any atom is 0.282 e. The number of benzene rings is 2. The Morgan fingerprint density at radius 1 is 1.00 bits per heavy atom. The van der Waals surface area contributed by atoms with Gasteiger partial charge in [0.1, 0.15) is 17.3 Å². The van der Waals surface area contributed by atoms with Crippen molar-refractivity contribution < 1.29 is 23.5 Å². The SMILES string of the molecule is Cc1ccc(C2=C(N(C)CCO)C(=O)N(c3ccc(F)cc3F)C2=O)cc1C. The number of aliphatic hydroxyl groups excluding tert-OH is 1. The lowest BCUT2D eigenvalue weighted by Gasteiger charge is -2.20. The molecule has 5 nitrogen and oxygen atoms in total. The molecule has 0 aliphatic carbocycles. The Kier molecular flexibility index (Phi) is 5.29. The molecular weight excluding hydrogens is 366 g/mol. The van der Waals surface area contributed by atoms with Crippen molar-refractivity contribution in [1.29, 1.82) is 0 Å². The van der Waals surface area contributed by atoms with E-state index in [1.54, 1.807) is 19.2 Å². The van der Waals surface area contributed by atoms with Crippen LogP contribution >= 0.6 is 0 Å². The molecule has 1 heterocycles. The minimum Gasteiger partial charge on any atom is -0.395 e. The molecule has 2 aromatic carbocycles. The highest BCUT2D eigenvalue weighted by Crippen LogP contribution is 2.36. The molecule has 0 spiro atoms. The van der Waals surface area contributed by atoms with Gasteiger partial charge in [0.05, 0.1) is 17.9 Å². The number of aliphatic hydroxyl groups is 1. The number of imide groups is 1. The van der Waals surface area contributed by atoms with Gasteiger partial charge in [-0.05, 0) is 42.7 Å². The maximum absolute atomic E-state index is 14.3. The average Bonchev–Trinajstić information content (AvgIpc) is 2.89. The number of likely N-dealkylation sites (N-methyl/N-ethyl adjacent to an activating group) is 1. The number of hydrogen-bond donors (Lipinski definition) is 1. The minimum atomic E-state index is -1.01. The molecular formula is C21H20F2N2O3. The van der Waals surface area contributed by atoms with Gasteiger partial charge in [-0.25, -0.2) is 13.7 Å². The van der Waals surface area contributed by atoms with Crippen LogP contribution in [0.1, 0.15) is 16.7 Å². The van der Waals surface area contributed by atoms with Crippen LogP contribution in [-0.2, 0) is 9.59 Å². The van der Waals surface area contributed by atoms with Crippen LogP contribution < -0.4 is 4.90 Å². The number of halogens is 2. The number of carbonyl (C=O) groups is 2. The maximum atomic E-state index is 14.3. The van der Waals surface area contributed by atoms with E-state index in [0.717, 1.165) is 23.3 Å². The zero-order valence-electron chi connectivity index (χ0n) is 15.8. The van der Waals surface area contributed by atoms with Crippen molar-refractivity contribution in [2.45, 2.75) is 13.8 Å². The van der Waals surface area contributed by atoms with Crippen molar-refractivity contribution in [1.82, 2.24) is 4.90 Å². The van der Waals surface area contributed by atoms with Gasteiger partial charge < -0.3 is 10.0 Å². The van der Waals surface area contributed by atoms with Gasteiger partial charge >= 0.3 is 0 Å². The zero-order chi connectivity index (χ0) is 20.6. The van der Waals surface area contributed by atoms with Crippen molar-refractivity contribution >= 4 is 23.1 Å². The van der Waals surface area contributed by atoms with Gasteiger partial charge in [-0.15, -0.1) is 0 Å². The molecule has 0 fully saturated rings. The molecule has 1 N–H and O–H groups in total. The first kappa shape index (κ1) is 19.7. The summed E-state index contributed by atoms with van der Waals surface area (Å²) in [5, 5.41) is 9.27. The molecule has 2 amide bonds. The number of amides is 2. The molecule has 146 valence electrons. The van der Waals surface area contributed by atoms with Crippen LogP contribution in [0.4, 0.5) is 14.5 Å². The Morgan fingerprint density at radius 3 is 2.32 bits per heavy atom. The molecule has 0 radical (unpaired) electrons. The van der Waals surface area contributed by atoms with Crippen molar-refractivity contribution in [3.63, 3.8) is 0 Å². The normalized spacial score (nSPS) is 14.3. The van der Waals surface area contributed by atoms with Crippen LogP contribution in [0.2, 0.25) is 0 Å². The molecule has 1 aliphatic rings. The van der Waals surface area contributed by atoms with E-state index < -0.39 is 23.4 Å². The van der Waals surface area contributed by atoms with Crippen LogP contribution in [-0.4, -0.2) is 42.0 Å². The third-order valence-corrected chi connectivity index (χ3v) is 4.82. The lowest BCUT2D eigenvalue weighted by Crippen LogP contribution is -2.35. The molecule has 7 heteroatoms. The lowest BCUT2D eigenvalue weighted by molar-refractivity contribution is -0.120. The van der Waals surface area contributed by atoms with Gasteiger partial charge in [-0.3, -0.25) is 9.59 Å². The van der Waals surface area contributed by atoms with Crippen LogP contribution in [0, 0.1) is 25.5 Å². The van der Waals surface area contributed by atoms with Gasteiger partial charge in [0.2, 0.25) is 0 Å². The van der Waals surface area contributed by atoms with E-state index in [0.29, 0.717) is 16.5 Å². The fourth-order valence-corrected chi connectivity index (χ4v) is 3.17. The molecule has 0 bridgehead atoms. The molecule has 2 aromatic rings. The van der Waals surface area contributed by atoms with Crippen molar-refractivity contribution in [3.05, 3.63) is 70.4 Å². The molecule has 1 aliphatic heterocycles. The number of carbonyl (C=O) groups excluding carboxylic acids is 2. The summed E-state index contributed by atoms with van der Waals surface area (Å²) in [5.74, 6) is -3.23. The fourth-order valence-electron chi connectivity index (χ4n) is 3.17. The number of aryl methyl sites for hydroxylation is 2. The minimum absolute atomic E-state index is 0.0611. The summed E-state index contributed by atoms with van der Waals surface area (Å²) in [6.45, 7) is 3.69. The lowest BCUT2D eigenvalue weighted by atomic mass is 9.99. The fraction of sp³-hybridized carbons (Fsp3) is 0.238. The molecule has 0 saturated heterocycles. The third kappa shape index (κ3) is 3.29. The summed E-state index contributed by atoms with van der Waals surface area (Å²) in [5.41, 5.74) is 2.34. The van der Waals surface area contributed by atoms with Crippen molar-refractivity contribution in [2.75, 3.05) is 25.1 Å². The summed E-state index contributed by atoms with van der Waals surface area (Å²) in [7, 11) is 1.57. The highest BCUT2D eigenvalue weighted by Gasteiger charge is 2.42. The first-order valence-electron chi connectivity index (χ1n) is 8.74. The van der Waals surface area contributed by atoms with Gasteiger partial charge in [-0.2, -0.15) is 0 Å². The van der Waals surface area contributed by atoms with E-state index in [1.807, 2.05) is 19.9 Å². The molecule has 0 atom stereocenters. The topological polar surface area (TPSA) is 60.9 Å². The Bertz CT molecular complexity index is 1000. The summed E-state index contributed by atoms with van der Waals surface area (Å²) in [6.07, 6.45) is 0. The number of hydrogen-bond acceptors (Lipinski definition) is 4. The number of nitrogens with zero attached hydrogens (tertiary/aromatic N) is 2. The second kappa shape index (κ2) is 7.52. The summed E-state index contributed by atoms with van der Waals surface area (Å²) < 4.78 is 27.6. The number of rotatable bonds is 5. The van der Waals surface area contributed by atoms with Crippen LogP contribution in [0.25, 0.3) is 5.57 Å². The molecule has 0 aromatic heterocycles. The summed E-state index contributed by atoms with van der Waals surface area (Å²) in [6, 6.07) is 8.02. The number of anilines is 1. The standard InChI is InChI=1S/C21H20F2N2O3/c1-12-4-5-14(10-13(12)2)18-19(24(3)8-9-26)21(28)25(20(18)27)17-7-6-15(22)11-16(17)23/h4-7,10-11,26H,8-9H2,1-3H3. The van der Waals surface area contributed by atoms with Gasteiger partial charge in [0, 0.05) is 19.7 Å². The third-order valence-electron chi connectivity index (χ3n) is 4.82. The van der Waals surface area contributed by atoms with Gasteiger partial charge in [0.25, 0.3) is 11.8 Å². The van der Waals surface area contributed by atoms with Crippen LogP contribution in [0.3, 0.4) is 0 Å². The van der Waals surface area contributed by atoms with E-state index in [9.17, 15) is 23.5 Å². The molecule has 28 heavy (non-hydrogen) atoms. The predicted molar refractivity (Wildman–Crippen MR) is 101 cm³/mol. The van der Waals surface area contributed by atoms with E-state index >= 15 is 0 Å². The predicted octanol–water partition coefficient (Wildman–Crippen LogP) is 2.79. The van der Waals surface area contributed by atoms with E-state index in [4.69, 9.17) is 0 Å². The molecule has 3 rings (SSSR count). The van der Waals surface area contributed by atoms with E-state index in [-0.39, 0.29) is 30.1 Å². The Morgan fingerprint density at radius 2 is 1.71 bits per heavy atom. The van der Waals surface area contributed by atoms with Gasteiger partial charge in [0.15, 0.2) is 0 Å². The smallest absolute Gasteiger partial charge is 0.282 e. The monoisotopic (exact) mass is 386 g/mol. The largest absolute Gasteiger partial charge is 0.395 e. The average molecular weight is 386 g/mol. The van der Waals surface area contributed by atoms with Crippen molar-refractivity contribution in [2.24, 2.45) is 0 Å². The first-order valence-corrected chi connectivity index (χ1v) is 8.74. The quantitative estimate of drug-likeness (QED) is 0.803. The van der Waals surface area contributed by atoms with Crippen LogP contribution in [0.15, 0.2) is 42.1 Å². The molecule has 0 unspecified atom stereocenters. The zero-order valence-corrected chi connectivity index (χ0v) is 15.8. The summed E-state index contributed by atoms with van der Waals surface area (Å²) >= 11 is 0. The molecule has 0 saturated carbocycles. The second-order valence-corrected chi connectivity index (χ2v) is 6.71.